The zero-order chi connectivity index (χ0) is 16.2. The fourth-order valence-corrected chi connectivity index (χ4v) is 3.61. The number of methoxy groups -OCH3 is 1. The second-order valence-corrected chi connectivity index (χ2v) is 6.10. The monoisotopic (exact) mass is 321 g/mol. The number of carboxylic acid groups (broad SMARTS) is 1. The second kappa shape index (κ2) is 7.08. The highest BCUT2D eigenvalue weighted by Gasteiger charge is 2.44. The summed E-state index contributed by atoms with van der Waals surface area (Å²) in [6, 6.07) is 7.77. The van der Waals surface area contributed by atoms with E-state index in [2.05, 4.69) is 0 Å². The van der Waals surface area contributed by atoms with Crippen molar-refractivity contribution in [3.05, 3.63) is 24.3 Å². The lowest BCUT2D eigenvalue weighted by Crippen LogP contribution is -2.48. The molecule has 2 atom stereocenters. The summed E-state index contributed by atoms with van der Waals surface area (Å²) in [5, 5.41) is 9.29. The highest BCUT2D eigenvalue weighted by molar-refractivity contribution is 5.66. The molecule has 2 heterocycles. The van der Waals surface area contributed by atoms with E-state index in [-0.39, 0.29) is 18.2 Å². The Balaban J connectivity index is 1.58. The van der Waals surface area contributed by atoms with Gasteiger partial charge < -0.3 is 24.2 Å². The lowest BCUT2D eigenvalue weighted by Gasteiger charge is -2.37. The quantitative estimate of drug-likeness (QED) is 0.816. The number of amides is 1. The molecule has 0 aliphatic carbocycles. The van der Waals surface area contributed by atoms with Gasteiger partial charge in [0.1, 0.15) is 24.2 Å². The molecule has 6 nitrogen and oxygen atoms in total. The minimum atomic E-state index is -0.801. The van der Waals surface area contributed by atoms with Crippen molar-refractivity contribution < 1.29 is 24.1 Å². The minimum Gasteiger partial charge on any atom is -0.491 e. The van der Waals surface area contributed by atoms with Crippen LogP contribution in [0.25, 0.3) is 0 Å². The van der Waals surface area contributed by atoms with Crippen LogP contribution in [0.3, 0.4) is 0 Å². The van der Waals surface area contributed by atoms with Crippen LogP contribution in [-0.4, -0.2) is 54.6 Å². The average Bonchev–Trinajstić information content (AvgIpc) is 2.80. The van der Waals surface area contributed by atoms with Crippen LogP contribution < -0.4 is 9.47 Å². The molecule has 1 N–H and O–H groups in total. The van der Waals surface area contributed by atoms with Crippen molar-refractivity contribution in [2.75, 3.05) is 20.3 Å². The zero-order valence-electron chi connectivity index (χ0n) is 13.3. The van der Waals surface area contributed by atoms with Gasteiger partial charge in [0, 0.05) is 38.1 Å². The molecule has 2 aliphatic heterocycles. The molecule has 126 valence electrons. The normalized spacial score (nSPS) is 26.1. The third-order valence-corrected chi connectivity index (χ3v) is 4.58. The van der Waals surface area contributed by atoms with Crippen LogP contribution in [0.5, 0.6) is 11.5 Å². The van der Waals surface area contributed by atoms with Gasteiger partial charge >= 0.3 is 6.09 Å². The second-order valence-electron chi connectivity index (χ2n) is 6.10. The zero-order valence-corrected chi connectivity index (χ0v) is 13.3. The average molecular weight is 321 g/mol. The van der Waals surface area contributed by atoms with Crippen LogP contribution in [0, 0.1) is 0 Å². The molecule has 0 saturated carbocycles. The van der Waals surface area contributed by atoms with Gasteiger partial charge in [0.25, 0.3) is 0 Å². The van der Waals surface area contributed by atoms with Gasteiger partial charge in [0.05, 0.1) is 6.61 Å². The molecule has 6 heteroatoms. The number of rotatable bonds is 6. The molecule has 2 unspecified atom stereocenters. The molecule has 1 aromatic rings. The first-order valence-electron chi connectivity index (χ1n) is 8.07. The van der Waals surface area contributed by atoms with Gasteiger partial charge in [-0.15, -0.1) is 0 Å². The Bertz CT molecular complexity index is 536. The molecule has 23 heavy (non-hydrogen) atoms. The number of carbonyl (C=O) groups is 1. The summed E-state index contributed by atoms with van der Waals surface area (Å²) in [6.45, 7) is 1.04. The molecule has 2 aliphatic rings. The number of fused-ring (bicyclic) bond motifs is 2. The van der Waals surface area contributed by atoms with Gasteiger partial charge in [-0.2, -0.15) is 0 Å². The topological polar surface area (TPSA) is 68.2 Å². The summed E-state index contributed by atoms with van der Waals surface area (Å²) in [6.07, 6.45) is 2.67. The van der Waals surface area contributed by atoms with E-state index >= 15 is 0 Å². The smallest absolute Gasteiger partial charge is 0.407 e. The van der Waals surface area contributed by atoms with Crippen LogP contribution in [0.4, 0.5) is 4.79 Å². The number of piperidine rings is 1. The number of benzene rings is 1. The Hall–Kier alpha value is -1.95. The van der Waals surface area contributed by atoms with E-state index in [1.54, 1.807) is 12.0 Å². The van der Waals surface area contributed by atoms with Crippen molar-refractivity contribution in [1.29, 1.82) is 0 Å². The van der Waals surface area contributed by atoms with E-state index < -0.39 is 6.09 Å². The Labute approximate surface area is 135 Å². The summed E-state index contributed by atoms with van der Waals surface area (Å²) in [4.78, 5) is 12.9. The van der Waals surface area contributed by atoms with Crippen LogP contribution >= 0.6 is 0 Å². The predicted molar refractivity (Wildman–Crippen MR) is 84.1 cm³/mol. The maximum atomic E-state index is 11.3. The number of hydrogen-bond acceptors (Lipinski definition) is 4. The van der Waals surface area contributed by atoms with Gasteiger partial charge in [-0.25, -0.2) is 4.79 Å². The van der Waals surface area contributed by atoms with Crippen LogP contribution in [0.2, 0.25) is 0 Å². The van der Waals surface area contributed by atoms with Crippen molar-refractivity contribution in [2.45, 2.75) is 43.9 Å². The van der Waals surface area contributed by atoms with Crippen molar-refractivity contribution in [2.24, 2.45) is 0 Å². The molecular weight excluding hydrogens is 298 g/mol. The number of hydrogen-bond donors (Lipinski definition) is 1. The first kappa shape index (κ1) is 15.9. The van der Waals surface area contributed by atoms with Crippen molar-refractivity contribution in [1.82, 2.24) is 4.90 Å². The molecule has 1 aromatic carbocycles. The van der Waals surface area contributed by atoms with Crippen LogP contribution in [-0.2, 0) is 4.74 Å². The van der Waals surface area contributed by atoms with E-state index in [1.807, 2.05) is 24.3 Å². The minimum absolute atomic E-state index is 0.0670. The molecule has 2 saturated heterocycles. The summed E-state index contributed by atoms with van der Waals surface area (Å²) >= 11 is 0. The first-order chi connectivity index (χ1) is 11.2. The van der Waals surface area contributed by atoms with E-state index in [1.165, 1.54) is 0 Å². The number of nitrogens with zero attached hydrogens (tertiary/aromatic N) is 1. The lowest BCUT2D eigenvalue weighted by molar-refractivity contribution is 0.0494. The molecule has 2 bridgehead atoms. The van der Waals surface area contributed by atoms with E-state index in [0.717, 1.165) is 37.2 Å². The van der Waals surface area contributed by atoms with Gasteiger partial charge in [0.2, 0.25) is 0 Å². The molecule has 0 radical (unpaired) electrons. The fraction of sp³-hybridized carbons (Fsp3) is 0.588. The third kappa shape index (κ3) is 3.69. The van der Waals surface area contributed by atoms with Gasteiger partial charge in [-0.3, -0.25) is 0 Å². The first-order valence-corrected chi connectivity index (χ1v) is 8.07. The van der Waals surface area contributed by atoms with E-state index in [4.69, 9.17) is 14.2 Å². The maximum Gasteiger partial charge on any atom is 0.407 e. The molecule has 1 amide bonds. The van der Waals surface area contributed by atoms with Crippen molar-refractivity contribution in [3.8, 4) is 11.5 Å². The molecule has 3 rings (SSSR count). The SMILES string of the molecule is COCCOc1cccc(OC2CC3CCC(C2)N3C(=O)O)c1. The molecule has 0 aromatic heterocycles. The van der Waals surface area contributed by atoms with E-state index in [9.17, 15) is 9.90 Å². The van der Waals surface area contributed by atoms with Crippen molar-refractivity contribution in [3.63, 3.8) is 0 Å². The van der Waals surface area contributed by atoms with Gasteiger partial charge in [-0.1, -0.05) is 6.07 Å². The summed E-state index contributed by atoms with van der Waals surface area (Å²) in [5.74, 6) is 1.53. The summed E-state index contributed by atoms with van der Waals surface area (Å²) in [5.41, 5.74) is 0. The van der Waals surface area contributed by atoms with Gasteiger partial charge in [0.15, 0.2) is 0 Å². The number of ether oxygens (including phenoxy) is 3. The lowest BCUT2D eigenvalue weighted by atomic mass is 10.0. The summed E-state index contributed by atoms with van der Waals surface area (Å²) < 4.78 is 16.6. The Kier molecular flexibility index (Phi) is 4.91. The maximum absolute atomic E-state index is 11.3. The molecular formula is C17H23NO5. The largest absolute Gasteiger partial charge is 0.491 e. The standard InChI is InChI=1S/C17H23NO5/c1-21-7-8-22-14-3-2-4-15(11-14)23-16-9-12-5-6-13(10-16)18(12)17(19)20/h2-4,11-13,16H,5-10H2,1H3,(H,19,20). The van der Waals surface area contributed by atoms with Crippen molar-refractivity contribution >= 4 is 6.09 Å². The predicted octanol–water partition coefficient (Wildman–Crippen LogP) is 2.76. The highest BCUT2D eigenvalue weighted by Crippen LogP contribution is 2.37. The Morgan fingerprint density at radius 2 is 1.91 bits per heavy atom. The molecule has 0 spiro atoms. The Morgan fingerprint density at radius 1 is 1.22 bits per heavy atom. The highest BCUT2D eigenvalue weighted by atomic mass is 16.5. The summed E-state index contributed by atoms with van der Waals surface area (Å²) in [7, 11) is 1.64. The third-order valence-electron chi connectivity index (χ3n) is 4.58. The van der Waals surface area contributed by atoms with E-state index in [0.29, 0.717) is 13.2 Å². The fourth-order valence-electron chi connectivity index (χ4n) is 3.61. The Morgan fingerprint density at radius 3 is 2.57 bits per heavy atom. The van der Waals surface area contributed by atoms with Crippen LogP contribution in [0.1, 0.15) is 25.7 Å². The molecule has 2 fully saturated rings. The van der Waals surface area contributed by atoms with Gasteiger partial charge in [-0.05, 0) is 25.0 Å². The van der Waals surface area contributed by atoms with Crippen LogP contribution in [0.15, 0.2) is 24.3 Å².